The number of hydrogen-bond acceptors (Lipinski definition) is 6. The number of hydrogen-bond donors (Lipinski definition) is 2. The fraction of sp³-hybridized carbons (Fsp3) is 0.182. The van der Waals surface area contributed by atoms with Crippen molar-refractivity contribution in [2.75, 3.05) is 13.1 Å². The zero-order chi connectivity index (χ0) is 21.4. The van der Waals surface area contributed by atoms with Crippen LogP contribution in [0.2, 0.25) is 0 Å². The first kappa shape index (κ1) is 19.9. The van der Waals surface area contributed by atoms with Crippen molar-refractivity contribution >= 4 is 44.3 Å². The molecule has 31 heavy (non-hydrogen) atoms. The van der Waals surface area contributed by atoms with Gasteiger partial charge in [-0.05, 0) is 30.7 Å². The number of fused-ring (bicyclic) bond motifs is 1. The molecule has 0 saturated carbocycles. The van der Waals surface area contributed by atoms with E-state index in [4.69, 9.17) is 5.41 Å². The Kier molecular flexibility index (Phi) is 5.29. The van der Waals surface area contributed by atoms with Crippen LogP contribution in [0.25, 0.3) is 22.5 Å². The van der Waals surface area contributed by atoms with Gasteiger partial charge in [0.25, 0.3) is 0 Å². The molecule has 1 aliphatic heterocycles. The molecule has 5 rings (SSSR count). The lowest BCUT2D eigenvalue weighted by molar-refractivity contribution is 0.347. The fourth-order valence-electron chi connectivity index (χ4n) is 3.68. The monoisotopic (exact) mass is 494 g/mol. The van der Waals surface area contributed by atoms with Gasteiger partial charge in [0, 0.05) is 34.6 Å². The first-order valence-electron chi connectivity index (χ1n) is 9.86. The van der Waals surface area contributed by atoms with Crippen molar-refractivity contribution in [3.63, 3.8) is 0 Å². The quantitative estimate of drug-likeness (QED) is 0.401. The first-order chi connectivity index (χ1) is 15.1. The molecule has 9 heteroatoms. The molecule has 0 amide bonds. The average Bonchev–Trinajstić information content (AvgIpc) is 3.47. The highest BCUT2D eigenvalue weighted by molar-refractivity contribution is 9.10. The third kappa shape index (κ3) is 3.86. The van der Waals surface area contributed by atoms with Crippen LogP contribution < -0.4 is 0 Å². The summed E-state index contributed by atoms with van der Waals surface area (Å²) in [5.74, 6) is 1.42. The van der Waals surface area contributed by atoms with Crippen LogP contribution >= 0.6 is 27.3 Å². The summed E-state index contributed by atoms with van der Waals surface area (Å²) in [5, 5.41) is 30.2. The van der Waals surface area contributed by atoms with Crippen LogP contribution in [0, 0.1) is 5.41 Å². The number of aryl methyl sites for hydroxylation is 1. The summed E-state index contributed by atoms with van der Waals surface area (Å²) in [6.07, 6.45) is 3.51. The van der Waals surface area contributed by atoms with E-state index in [1.165, 1.54) is 11.3 Å². The van der Waals surface area contributed by atoms with E-state index in [1.54, 1.807) is 0 Å². The van der Waals surface area contributed by atoms with Crippen molar-refractivity contribution in [1.82, 2.24) is 24.5 Å². The smallest absolute Gasteiger partial charge is 0.160 e. The molecule has 0 aliphatic carbocycles. The van der Waals surface area contributed by atoms with Gasteiger partial charge in [0.15, 0.2) is 5.65 Å². The Morgan fingerprint density at radius 1 is 1.13 bits per heavy atom. The number of thiazole rings is 1. The predicted molar refractivity (Wildman–Crippen MR) is 125 cm³/mol. The Morgan fingerprint density at radius 3 is 2.81 bits per heavy atom. The van der Waals surface area contributed by atoms with E-state index in [2.05, 4.69) is 31.1 Å². The van der Waals surface area contributed by atoms with Gasteiger partial charge in [-0.25, -0.2) is 4.98 Å². The Bertz CT molecular complexity index is 1290. The SMILES string of the molecule is N=C1C(c2nc(-c3ccc(Br)cc3)cs2)=C(O)CN1CCCc1nnc2ccccn12. The number of amidine groups is 1. The molecule has 0 atom stereocenters. The average molecular weight is 495 g/mol. The van der Waals surface area contributed by atoms with Gasteiger partial charge >= 0.3 is 0 Å². The Hall–Kier alpha value is -3.04. The van der Waals surface area contributed by atoms with Gasteiger partial charge in [0.2, 0.25) is 0 Å². The molecule has 0 fully saturated rings. The minimum absolute atomic E-state index is 0.203. The Balaban J connectivity index is 1.25. The minimum Gasteiger partial charge on any atom is -0.510 e. The summed E-state index contributed by atoms with van der Waals surface area (Å²) in [5.41, 5.74) is 3.21. The summed E-state index contributed by atoms with van der Waals surface area (Å²) < 4.78 is 3.00. The van der Waals surface area contributed by atoms with Gasteiger partial charge < -0.3 is 10.0 Å². The molecule has 0 bridgehead atoms. The van der Waals surface area contributed by atoms with Crippen LogP contribution in [-0.4, -0.2) is 48.5 Å². The van der Waals surface area contributed by atoms with Crippen LogP contribution in [0.1, 0.15) is 17.3 Å². The molecule has 1 aromatic carbocycles. The second kappa shape index (κ2) is 8.24. The number of nitrogens with one attached hydrogen (secondary N) is 1. The van der Waals surface area contributed by atoms with E-state index in [9.17, 15) is 5.11 Å². The highest BCUT2D eigenvalue weighted by atomic mass is 79.9. The van der Waals surface area contributed by atoms with Gasteiger partial charge in [0.05, 0.1) is 17.8 Å². The highest BCUT2D eigenvalue weighted by Crippen LogP contribution is 2.32. The second-order valence-electron chi connectivity index (χ2n) is 7.29. The highest BCUT2D eigenvalue weighted by Gasteiger charge is 2.30. The lowest BCUT2D eigenvalue weighted by Crippen LogP contribution is -2.28. The van der Waals surface area contributed by atoms with Gasteiger partial charge in [0.1, 0.15) is 22.4 Å². The molecule has 1 aliphatic rings. The van der Waals surface area contributed by atoms with Gasteiger partial charge in [-0.3, -0.25) is 9.81 Å². The van der Waals surface area contributed by atoms with E-state index in [-0.39, 0.29) is 5.76 Å². The number of aromatic nitrogens is 4. The van der Waals surface area contributed by atoms with E-state index in [1.807, 2.05) is 63.3 Å². The maximum Gasteiger partial charge on any atom is 0.160 e. The van der Waals surface area contributed by atoms with Gasteiger partial charge in [-0.15, -0.1) is 21.5 Å². The summed E-state index contributed by atoms with van der Waals surface area (Å²) in [6, 6.07) is 13.8. The van der Waals surface area contributed by atoms with Crippen LogP contribution in [0.4, 0.5) is 0 Å². The van der Waals surface area contributed by atoms with Gasteiger partial charge in [-0.2, -0.15) is 0 Å². The van der Waals surface area contributed by atoms with Crippen molar-refractivity contribution in [2.24, 2.45) is 0 Å². The normalized spacial score (nSPS) is 14.2. The lowest BCUT2D eigenvalue weighted by atomic mass is 10.2. The molecule has 4 aromatic rings. The number of pyridine rings is 1. The van der Waals surface area contributed by atoms with Crippen molar-refractivity contribution < 1.29 is 5.11 Å². The maximum atomic E-state index is 10.6. The fourth-order valence-corrected chi connectivity index (χ4v) is 4.84. The molecule has 3 aromatic heterocycles. The van der Waals surface area contributed by atoms with Crippen LogP contribution in [0.5, 0.6) is 0 Å². The van der Waals surface area contributed by atoms with E-state index < -0.39 is 0 Å². The first-order valence-corrected chi connectivity index (χ1v) is 11.5. The van der Waals surface area contributed by atoms with Gasteiger partial charge in [-0.1, -0.05) is 34.1 Å². The third-order valence-electron chi connectivity index (χ3n) is 5.25. The van der Waals surface area contributed by atoms with Crippen LogP contribution in [-0.2, 0) is 6.42 Å². The van der Waals surface area contributed by atoms with Crippen LogP contribution in [0.3, 0.4) is 0 Å². The molecule has 0 unspecified atom stereocenters. The molecule has 7 nitrogen and oxygen atoms in total. The molecular formula is C22H19BrN6OS. The number of nitrogens with zero attached hydrogens (tertiary/aromatic N) is 5. The lowest BCUT2D eigenvalue weighted by Gasteiger charge is -2.17. The molecule has 0 radical (unpaired) electrons. The topological polar surface area (TPSA) is 90.4 Å². The third-order valence-corrected chi connectivity index (χ3v) is 6.64. The molecule has 4 heterocycles. The summed E-state index contributed by atoms with van der Waals surface area (Å²) in [7, 11) is 0. The number of aliphatic hydroxyl groups excluding tert-OH is 1. The number of halogens is 1. The zero-order valence-electron chi connectivity index (χ0n) is 16.5. The van der Waals surface area contributed by atoms with E-state index in [0.29, 0.717) is 29.5 Å². The zero-order valence-corrected chi connectivity index (χ0v) is 18.9. The molecule has 0 spiro atoms. The molecule has 2 N–H and O–H groups in total. The Morgan fingerprint density at radius 2 is 1.97 bits per heavy atom. The maximum absolute atomic E-state index is 10.6. The predicted octanol–water partition coefficient (Wildman–Crippen LogP) is 4.81. The van der Waals surface area contributed by atoms with E-state index in [0.717, 1.165) is 40.0 Å². The van der Waals surface area contributed by atoms with Crippen LogP contribution in [0.15, 0.2) is 64.3 Å². The summed E-state index contributed by atoms with van der Waals surface area (Å²) in [6.45, 7) is 0.987. The Labute approximate surface area is 191 Å². The van der Waals surface area contributed by atoms with Crippen molar-refractivity contribution in [2.45, 2.75) is 12.8 Å². The summed E-state index contributed by atoms with van der Waals surface area (Å²) in [4.78, 5) is 6.56. The molecule has 0 saturated heterocycles. The van der Waals surface area contributed by atoms with Crippen molar-refractivity contribution in [1.29, 1.82) is 5.41 Å². The second-order valence-corrected chi connectivity index (χ2v) is 9.06. The van der Waals surface area contributed by atoms with Crippen molar-refractivity contribution in [3.05, 3.63) is 75.1 Å². The number of rotatable bonds is 6. The molecular weight excluding hydrogens is 476 g/mol. The van der Waals surface area contributed by atoms with E-state index >= 15 is 0 Å². The molecule has 156 valence electrons. The minimum atomic E-state index is 0.203. The number of aliphatic hydroxyl groups is 1. The number of benzene rings is 1. The van der Waals surface area contributed by atoms with Crippen molar-refractivity contribution in [3.8, 4) is 11.3 Å². The largest absolute Gasteiger partial charge is 0.510 e. The summed E-state index contributed by atoms with van der Waals surface area (Å²) >= 11 is 4.89. The standard InChI is InChI=1S/C22H19BrN6OS/c23-15-8-6-14(7-9-15)16-13-31-22(25-16)20-17(30)12-28(21(20)24)10-3-5-19-27-26-18-4-1-2-11-29(18)19/h1-2,4,6-9,11,13,24,30H,3,5,10,12H2.